The molecule has 2 aromatic heterocycles. The van der Waals surface area contributed by atoms with Crippen LogP contribution in [-0.2, 0) is 0 Å². The van der Waals surface area contributed by atoms with Crippen LogP contribution in [0.15, 0.2) is 70.9 Å². The number of carbonyl (C=O) groups is 1. The summed E-state index contributed by atoms with van der Waals surface area (Å²) < 4.78 is 16.2. The molecule has 0 bridgehead atoms. The second-order valence-corrected chi connectivity index (χ2v) is 7.23. The molecular weight excluding hydrogens is 403 g/mol. The molecule has 0 aliphatic heterocycles. The van der Waals surface area contributed by atoms with Crippen LogP contribution in [0.4, 0.5) is 4.39 Å². The molecule has 0 atom stereocenters. The molecule has 6 nitrogen and oxygen atoms in total. The van der Waals surface area contributed by atoms with Crippen LogP contribution in [0.3, 0.4) is 0 Å². The van der Waals surface area contributed by atoms with E-state index in [4.69, 9.17) is 11.6 Å². The Labute approximate surface area is 167 Å². The minimum atomic E-state index is -0.443. The Morgan fingerprint density at radius 2 is 1.93 bits per heavy atom. The Bertz CT molecular complexity index is 1250. The van der Waals surface area contributed by atoms with Crippen molar-refractivity contribution in [3.05, 3.63) is 87.7 Å². The van der Waals surface area contributed by atoms with E-state index < -0.39 is 11.4 Å². The lowest BCUT2D eigenvalue weighted by atomic mass is 10.1. The van der Waals surface area contributed by atoms with E-state index >= 15 is 0 Å². The highest BCUT2D eigenvalue weighted by Gasteiger charge is 2.14. The van der Waals surface area contributed by atoms with E-state index in [1.807, 2.05) is 0 Å². The number of aromatic nitrogens is 4. The fraction of sp³-hybridized carbons (Fsp3) is 0.0526. The molecule has 4 rings (SSSR count). The first-order chi connectivity index (χ1) is 13.5. The van der Waals surface area contributed by atoms with Crippen LogP contribution in [0.2, 0.25) is 5.02 Å². The maximum absolute atomic E-state index is 13.5. The summed E-state index contributed by atoms with van der Waals surface area (Å²) in [6.07, 6.45) is 3.12. The SMILES string of the molecule is O=C(CSc1nnc2c(=O)n(-c3cccc(F)c3)ccn12)c1cccc(Cl)c1. The van der Waals surface area contributed by atoms with Gasteiger partial charge < -0.3 is 0 Å². The number of ketones is 1. The van der Waals surface area contributed by atoms with E-state index in [1.165, 1.54) is 45.1 Å². The Morgan fingerprint density at radius 1 is 1.11 bits per heavy atom. The van der Waals surface area contributed by atoms with Crippen LogP contribution in [0.1, 0.15) is 10.4 Å². The highest BCUT2D eigenvalue weighted by molar-refractivity contribution is 7.99. The number of carbonyl (C=O) groups excluding carboxylic acids is 1. The molecule has 0 N–H and O–H groups in total. The molecule has 2 heterocycles. The predicted molar refractivity (Wildman–Crippen MR) is 105 cm³/mol. The molecule has 28 heavy (non-hydrogen) atoms. The highest BCUT2D eigenvalue weighted by atomic mass is 35.5. The number of hydrogen-bond donors (Lipinski definition) is 0. The van der Waals surface area contributed by atoms with Gasteiger partial charge in [0.15, 0.2) is 10.9 Å². The van der Waals surface area contributed by atoms with Crippen molar-refractivity contribution in [2.45, 2.75) is 5.16 Å². The van der Waals surface area contributed by atoms with Crippen LogP contribution in [0.25, 0.3) is 11.3 Å². The lowest BCUT2D eigenvalue weighted by Crippen LogP contribution is -2.20. The van der Waals surface area contributed by atoms with Gasteiger partial charge in [-0.15, -0.1) is 10.2 Å². The lowest BCUT2D eigenvalue weighted by molar-refractivity contribution is 0.102. The second kappa shape index (κ2) is 7.57. The largest absolute Gasteiger partial charge is 0.300 e. The van der Waals surface area contributed by atoms with Crippen molar-refractivity contribution in [1.29, 1.82) is 0 Å². The van der Waals surface area contributed by atoms with E-state index in [1.54, 1.807) is 36.5 Å². The van der Waals surface area contributed by atoms with Crippen LogP contribution >= 0.6 is 23.4 Å². The van der Waals surface area contributed by atoms with Gasteiger partial charge in [0, 0.05) is 23.0 Å². The van der Waals surface area contributed by atoms with Gasteiger partial charge in [-0.05, 0) is 30.3 Å². The minimum absolute atomic E-state index is 0.0875. The van der Waals surface area contributed by atoms with Crippen molar-refractivity contribution in [2.24, 2.45) is 0 Å². The standard InChI is InChI=1S/C19H12ClFN4O2S/c20-13-4-1-3-12(9-13)16(26)11-28-19-23-22-17-18(27)24(7-8-25(17)19)15-6-2-5-14(21)10-15/h1-10H,11H2. The molecule has 0 aliphatic carbocycles. The lowest BCUT2D eigenvalue weighted by Gasteiger charge is -2.06. The molecule has 9 heteroatoms. The number of thioether (sulfide) groups is 1. The smallest absolute Gasteiger partial charge is 0.293 e. The normalized spacial score (nSPS) is 11.1. The second-order valence-electron chi connectivity index (χ2n) is 5.85. The number of rotatable bonds is 5. The van der Waals surface area contributed by atoms with Gasteiger partial charge in [-0.2, -0.15) is 0 Å². The van der Waals surface area contributed by atoms with E-state index in [-0.39, 0.29) is 17.2 Å². The molecule has 0 fully saturated rings. The van der Waals surface area contributed by atoms with E-state index in [0.717, 1.165) is 0 Å². The maximum Gasteiger partial charge on any atom is 0.300 e. The summed E-state index contributed by atoms with van der Waals surface area (Å²) in [5, 5.41) is 8.82. The maximum atomic E-state index is 13.5. The molecule has 0 aliphatic rings. The summed E-state index contributed by atoms with van der Waals surface area (Å²) in [6.45, 7) is 0. The van der Waals surface area contributed by atoms with Gasteiger partial charge in [0.25, 0.3) is 0 Å². The Balaban J connectivity index is 1.61. The minimum Gasteiger partial charge on any atom is -0.293 e. The van der Waals surface area contributed by atoms with Crippen LogP contribution < -0.4 is 5.56 Å². The molecule has 0 spiro atoms. The van der Waals surface area contributed by atoms with Crippen LogP contribution in [0, 0.1) is 5.82 Å². The fourth-order valence-corrected chi connectivity index (χ4v) is 3.67. The molecule has 140 valence electrons. The third-order valence-electron chi connectivity index (χ3n) is 4.00. The average molecular weight is 415 g/mol. The van der Waals surface area contributed by atoms with Crippen molar-refractivity contribution >= 4 is 34.8 Å². The van der Waals surface area contributed by atoms with Gasteiger partial charge in [0.1, 0.15) is 5.82 Å². The van der Waals surface area contributed by atoms with Crippen molar-refractivity contribution in [2.75, 3.05) is 5.75 Å². The van der Waals surface area contributed by atoms with E-state index in [9.17, 15) is 14.0 Å². The van der Waals surface area contributed by atoms with E-state index in [0.29, 0.717) is 21.4 Å². The Hall–Kier alpha value is -2.97. The number of nitrogens with zero attached hydrogens (tertiary/aromatic N) is 4. The molecule has 2 aromatic carbocycles. The Morgan fingerprint density at radius 3 is 2.71 bits per heavy atom. The zero-order valence-electron chi connectivity index (χ0n) is 14.3. The first-order valence-corrected chi connectivity index (χ1v) is 9.53. The summed E-state index contributed by atoms with van der Waals surface area (Å²) in [4.78, 5) is 25.0. The van der Waals surface area contributed by atoms with Crippen LogP contribution in [-0.4, -0.2) is 30.7 Å². The molecule has 0 unspecified atom stereocenters. The number of halogens is 2. The van der Waals surface area contributed by atoms with Gasteiger partial charge in [-0.1, -0.05) is 41.6 Å². The number of benzene rings is 2. The quantitative estimate of drug-likeness (QED) is 0.368. The molecule has 0 amide bonds. The molecule has 0 saturated carbocycles. The van der Waals surface area contributed by atoms with E-state index in [2.05, 4.69) is 10.2 Å². The monoisotopic (exact) mass is 414 g/mol. The third-order valence-corrected chi connectivity index (χ3v) is 5.18. The zero-order valence-corrected chi connectivity index (χ0v) is 15.8. The van der Waals surface area contributed by atoms with Gasteiger partial charge >= 0.3 is 5.56 Å². The fourth-order valence-electron chi connectivity index (χ4n) is 2.67. The van der Waals surface area contributed by atoms with Crippen molar-refractivity contribution < 1.29 is 9.18 Å². The summed E-state index contributed by atoms with van der Waals surface area (Å²) >= 11 is 7.08. The molecule has 0 radical (unpaired) electrons. The number of hydrogen-bond acceptors (Lipinski definition) is 5. The predicted octanol–water partition coefficient (Wildman–Crippen LogP) is 3.65. The Kier molecular flexibility index (Phi) is 4.97. The third kappa shape index (κ3) is 3.56. The number of fused-ring (bicyclic) bond motifs is 1. The summed E-state index contributed by atoms with van der Waals surface area (Å²) in [6, 6.07) is 12.4. The summed E-state index contributed by atoms with van der Waals surface area (Å²) in [5.41, 5.74) is 0.543. The average Bonchev–Trinajstić information content (AvgIpc) is 3.10. The first-order valence-electron chi connectivity index (χ1n) is 8.17. The van der Waals surface area contributed by atoms with Crippen LogP contribution in [0.5, 0.6) is 0 Å². The van der Waals surface area contributed by atoms with Gasteiger partial charge in [0.2, 0.25) is 5.65 Å². The van der Waals surface area contributed by atoms with Gasteiger partial charge in [-0.25, -0.2) is 4.39 Å². The first kappa shape index (κ1) is 18.4. The zero-order chi connectivity index (χ0) is 19.7. The summed E-state index contributed by atoms with van der Waals surface area (Å²) in [7, 11) is 0. The summed E-state index contributed by atoms with van der Waals surface area (Å²) in [5.74, 6) is -0.437. The van der Waals surface area contributed by atoms with Crippen molar-refractivity contribution in [1.82, 2.24) is 19.2 Å². The molecular formula is C19H12ClFN4O2S. The van der Waals surface area contributed by atoms with Gasteiger partial charge in [-0.3, -0.25) is 18.6 Å². The van der Waals surface area contributed by atoms with Gasteiger partial charge in [0.05, 0.1) is 11.4 Å². The number of Topliss-reactive ketones (excluding diaryl/α,β-unsaturated/α-hetero) is 1. The molecule has 0 saturated heterocycles. The van der Waals surface area contributed by atoms with Crippen molar-refractivity contribution in [3.8, 4) is 5.69 Å². The van der Waals surface area contributed by atoms with Crippen molar-refractivity contribution in [3.63, 3.8) is 0 Å². The topological polar surface area (TPSA) is 69.3 Å². The molecule has 4 aromatic rings. The highest BCUT2D eigenvalue weighted by Crippen LogP contribution is 2.19.